The number of methoxy groups -OCH3 is 1. The first kappa shape index (κ1) is 17.3. The summed E-state index contributed by atoms with van der Waals surface area (Å²) >= 11 is 0. The average molecular weight is 360 g/mol. The molecule has 0 aliphatic carbocycles. The molecule has 0 unspecified atom stereocenters. The second-order valence-electron chi connectivity index (χ2n) is 5.96. The first-order valence-electron chi connectivity index (χ1n) is 7.98. The smallest absolute Gasteiger partial charge is 0.265 e. The SMILES string of the molecule is COc1ccc(N2CCCC2=O)cc1S(=O)(=O)Nc1cccc(C)c1. The Labute approximate surface area is 147 Å². The summed E-state index contributed by atoms with van der Waals surface area (Å²) in [6.45, 7) is 2.48. The molecule has 2 aromatic rings. The summed E-state index contributed by atoms with van der Waals surface area (Å²) in [5.74, 6) is 0.232. The number of carbonyl (C=O) groups excluding carboxylic acids is 1. The normalized spacial score (nSPS) is 14.6. The predicted molar refractivity (Wildman–Crippen MR) is 96.6 cm³/mol. The van der Waals surface area contributed by atoms with E-state index in [2.05, 4.69) is 4.72 Å². The van der Waals surface area contributed by atoms with Gasteiger partial charge in [0, 0.05) is 24.3 Å². The Morgan fingerprint density at radius 1 is 1.16 bits per heavy atom. The van der Waals surface area contributed by atoms with Crippen LogP contribution < -0.4 is 14.4 Å². The first-order valence-corrected chi connectivity index (χ1v) is 9.47. The van der Waals surface area contributed by atoms with Crippen LogP contribution in [0, 0.1) is 6.92 Å². The zero-order valence-corrected chi connectivity index (χ0v) is 15.0. The van der Waals surface area contributed by atoms with Crippen LogP contribution in [0.2, 0.25) is 0 Å². The van der Waals surface area contributed by atoms with E-state index in [-0.39, 0.29) is 16.6 Å². The molecule has 0 aromatic heterocycles. The number of nitrogens with one attached hydrogen (secondary N) is 1. The molecule has 0 saturated carbocycles. The van der Waals surface area contributed by atoms with E-state index in [4.69, 9.17) is 4.74 Å². The molecule has 0 spiro atoms. The number of hydrogen-bond acceptors (Lipinski definition) is 4. The molecule has 2 aromatic carbocycles. The number of sulfonamides is 1. The topological polar surface area (TPSA) is 75.7 Å². The summed E-state index contributed by atoms with van der Waals surface area (Å²) in [4.78, 5) is 13.6. The summed E-state index contributed by atoms with van der Waals surface area (Å²) in [6, 6.07) is 11.9. The van der Waals surface area contributed by atoms with Crippen LogP contribution in [-0.2, 0) is 14.8 Å². The molecule has 1 amide bonds. The molecule has 7 heteroatoms. The molecular formula is C18H20N2O4S. The van der Waals surface area contributed by atoms with Gasteiger partial charge in [0.25, 0.3) is 10.0 Å². The highest BCUT2D eigenvalue weighted by atomic mass is 32.2. The van der Waals surface area contributed by atoms with Crippen LogP contribution in [-0.4, -0.2) is 28.0 Å². The van der Waals surface area contributed by atoms with Gasteiger partial charge < -0.3 is 9.64 Å². The van der Waals surface area contributed by atoms with Crippen molar-refractivity contribution in [2.45, 2.75) is 24.7 Å². The Hall–Kier alpha value is -2.54. The van der Waals surface area contributed by atoms with Gasteiger partial charge in [0.05, 0.1) is 7.11 Å². The molecule has 1 N–H and O–H groups in total. The van der Waals surface area contributed by atoms with Crippen molar-refractivity contribution < 1.29 is 17.9 Å². The number of ether oxygens (including phenoxy) is 1. The van der Waals surface area contributed by atoms with E-state index >= 15 is 0 Å². The predicted octanol–water partition coefficient (Wildman–Crippen LogP) is 2.93. The Balaban J connectivity index is 2.00. The third-order valence-electron chi connectivity index (χ3n) is 4.09. The number of anilines is 2. The monoisotopic (exact) mass is 360 g/mol. The van der Waals surface area contributed by atoms with Gasteiger partial charge in [-0.1, -0.05) is 12.1 Å². The van der Waals surface area contributed by atoms with Gasteiger partial charge in [-0.2, -0.15) is 0 Å². The lowest BCUT2D eigenvalue weighted by Gasteiger charge is -2.18. The third kappa shape index (κ3) is 3.61. The molecule has 1 aliphatic heterocycles. The highest BCUT2D eigenvalue weighted by molar-refractivity contribution is 7.92. The lowest BCUT2D eigenvalue weighted by molar-refractivity contribution is -0.117. The summed E-state index contributed by atoms with van der Waals surface area (Å²) in [5.41, 5.74) is 1.99. The van der Waals surface area contributed by atoms with Crippen LogP contribution >= 0.6 is 0 Å². The lowest BCUT2D eigenvalue weighted by atomic mass is 10.2. The number of nitrogens with zero attached hydrogens (tertiary/aromatic N) is 1. The summed E-state index contributed by atoms with van der Waals surface area (Å²) in [5, 5.41) is 0. The van der Waals surface area contributed by atoms with Gasteiger partial charge in [-0.05, 0) is 49.2 Å². The largest absolute Gasteiger partial charge is 0.495 e. The van der Waals surface area contributed by atoms with E-state index in [1.165, 1.54) is 13.2 Å². The fourth-order valence-corrected chi connectivity index (χ4v) is 4.12. The van der Waals surface area contributed by atoms with E-state index in [1.807, 2.05) is 13.0 Å². The molecule has 6 nitrogen and oxygen atoms in total. The fraction of sp³-hybridized carbons (Fsp3) is 0.278. The van der Waals surface area contributed by atoms with Gasteiger partial charge in [-0.25, -0.2) is 8.42 Å². The maximum absolute atomic E-state index is 12.8. The molecule has 132 valence electrons. The van der Waals surface area contributed by atoms with Gasteiger partial charge in [0.15, 0.2) is 0 Å². The Bertz CT molecular complexity index is 909. The van der Waals surface area contributed by atoms with E-state index in [9.17, 15) is 13.2 Å². The van der Waals surface area contributed by atoms with Crippen LogP contribution in [0.25, 0.3) is 0 Å². The van der Waals surface area contributed by atoms with E-state index < -0.39 is 10.0 Å². The quantitative estimate of drug-likeness (QED) is 0.889. The maximum atomic E-state index is 12.8. The van der Waals surface area contributed by atoms with Gasteiger partial charge in [-0.3, -0.25) is 9.52 Å². The molecule has 0 bridgehead atoms. The number of aryl methyl sites for hydroxylation is 1. The second-order valence-corrected chi connectivity index (χ2v) is 7.61. The molecule has 1 fully saturated rings. The van der Waals surface area contributed by atoms with Crippen molar-refractivity contribution >= 4 is 27.3 Å². The van der Waals surface area contributed by atoms with E-state index in [0.29, 0.717) is 24.3 Å². The minimum atomic E-state index is -3.86. The van der Waals surface area contributed by atoms with Gasteiger partial charge in [0.2, 0.25) is 5.91 Å². The molecule has 25 heavy (non-hydrogen) atoms. The second kappa shape index (κ2) is 6.76. The number of benzene rings is 2. The van der Waals surface area contributed by atoms with Crippen LogP contribution in [0.5, 0.6) is 5.75 Å². The standard InChI is InChI=1S/C18H20N2O4S/c1-13-5-3-6-14(11-13)19-25(22,23)17-12-15(8-9-16(17)24-2)20-10-4-7-18(20)21/h3,5-6,8-9,11-12,19H,4,7,10H2,1-2H3. The number of amides is 1. The van der Waals surface area contributed by atoms with Crippen LogP contribution in [0.4, 0.5) is 11.4 Å². The molecule has 0 atom stereocenters. The van der Waals surface area contributed by atoms with Crippen molar-refractivity contribution in [1.82, 2.24) is 0 Å². The number of carbonyl (C=O) groups is 1. The molecule has 0 radical (unpaired) electrons. The van der Waals surface area contributed by atoms with Crippen LogP contribution in [0.15, 0.2) is 47.4 Å². The van der Waals surface area contributed by atoms with Gasteiger partial charge in [0.1, 0.15) is 10.6 Å². The van der Waals surface area contributed by atoms with Crippen LogP contribution in [0.3, 0.4) is 0 Å². The number of rotatable bonds is 5. The molecular weight excluding hydrogens is 340 g/mol. The number of hydrogen-bond donors (Lipinski definition) is 1. The third-order valence-corrected chi connectivity index (χ3v) is 5.49. The van der Waals surface area contributed by atoms with E-state index in [0.717, 1.165) is 12.0 Å². The van der Waals surface area contributed by atoms with Crippen molar-refractivity contribution in [3.05, 3.63) is 48.0 Å². The highest BCUT2D eigenvalue weighted by Crippen LogP contribution is 2.32. The zero-order valence-electron chi connectivity index (χ0n) is 14.2. The van der Waals surface area contributed by atoms with Gasteiger partial charge >= 0.3 is 0 Å². The van der Waals surface area contributed by atoms with Crippen molar-refractivity contribution in [3.8, 4) is 5.75 Å². The maximum Gasteiger partial charge on any atom is 0.265 e. The Kier molecular flexibility index (Phi) is 4.67. The first-order chi connectivity index (χ1) is 11.9. The van der Waals surface area contributed by atoms with Crippen molar-refractivity contribution in [1.29, 1.82) is 0 Å². The van der Waals surface area contributed by atoms with E-state index in [1.54, 1.807) is 35.2 Å². The summed E-state index contributed by atoms with van der Waals surface area (Å²) in [7, 11) is -2.44. The van der Waals surface area contributed by atoms with Crippen molar-refractivity contribution in [3.63, 3.8) is 0 Å². The van der Waals surface area contributed by atoms with Crippen LogP contribution in [0.1, 0.15) is 18.4 Å². The van der Waals surface area contributed by atoms with Gasteiger partial charge in [-0.15, -0.1) is 0 Å². The summed E-state index contributed by atoms with van der Waals surface area (Å²) < 4.78 is 33.5. The minimum Gasteiger partial charge on any atom is -0.495 e. The zero-order chi connectivity index (χ0) is 18.0. The molecule has 3 rings (SSSR count). The lowest BCUT2D eigenvalue weighted by Crippen LogP contribution is -2.24. The molecule has 1 saturated heterocycles. The Morgan fingerprint density at radius 3 is 2.60 bits per heavy atom. The van der Waals surface area contributed by atoms with Crippen molar-refractivity contribution in [2.24, 2.45) is 0 Å². The summed E-state index contributed by atoms with van der Waals surface area (Å²) in [6.07, 6.45) is 1.25. The molecule has 1 heterocycles. The fourth-order valence-electron chi connectivity index (χ4n) is 2.88. The Morgan fingerprint density at radius 2 is 1.96 bits per heavy atom. The molecule has 1 aliphatic rings. The highest BCUT2D eigenvalue weighted by Gasteiger charge is 2.26. The van der Waals surface area contributed by atoms with Crippen molar-refractivity contribution in [2.75, 3.05) is 23.3 Å². The minimum absolute atomic E-state index is 0.000146. The average Bonchev–Trinajstić information content (AvgIpc) is 3.00.